The number of aliphatic hydroxyl groups excluding tert-OH is 1. The molecule has 1 heterocycles. The minimum atomic E-state index is -0.614. The molecule has 1 unspecified atom stereocenters. The summed E-state index contributed by atoms with van der Waals surface area (Å²) in [4.78, 5) is 4.09. The molecule has 1 aromatic heterocycles. The number of aryl methyl sites for hydroxylation is 2. The van der Waals surface area contributed by atoms with Gasteiger partial charge in [-0.2, -0.15) is 5.10 Å². The highest BCUT2D eigenvalue weighted by molar-refractivity contribution is 6.30. The Hall–Kier alpha value is -1.39. The number of hydrogen-bond donors (Lipinski definition) is 1. The van der Waals surface area contributed by atoms with Crippen molar-refractivity contribution in [3.8, 4) is 0 Å². The maximum absolute atomic E-state index is 10.2. The van der Waals surface area contributed by atoms with Crippen LogP contribution in [-0.4, -0.2) is 19.9 Å². The Morgan fingerprint density at radius 2 is 2.24 bits per heavy atom. The van der Waals surface area contributed by atoms with Gasteiger partial charge in [-0.25, -0.2) is 4.98 Å². The van der Waals surface area contributed by atoms with Crippen LogP contribution in [0.25, 0.3) is 0 Å². The number of aliphatic hydroxyl groups is 1. The average Bonchev–Trinajstić information content (AvgIpc) is 2.68. The van der Waals surface area contributed by atoms with Crippen molar-refractivity contribution < 1.29 is 5.11 Å². The molecule has 2 rings (SSSR count). The van der Waals surface area contributed by atoms with Crippen molar-refractivity contribution in [1.82, 2.24) is 14.8 Å². The largest absolute Gasteiger partial charge is 0.388 e. The van der Waals surface area contributed by atoms with Gasteiger partial charge >= 0.3 is 0 Å². The number of halogens is 1. The monoisotopic (exact) mass is 251 g/mol. The maximum Gasteiger partial charge on any atom is 0.138 e. The normalized spacial score (nSPS) is 12.7. The molecule has 0 aliphatic carbocycles. The van der Waals surface area contributed by atoms with Gasteiger partial charge in [0.05, 0.1) is 6.10 Å². The first-order chi connectivity index (χ1) is 8.08. The quantitative estimate of drug-likeness (QED) is 0.908. The molecule has 1 N–H and O–H groups in total. The second kappa shape index (κ2) is 4.85. The van der Waals surface area contributed by atoms with Crippen LogP contribution in [0.15, 0.2) is 24.5 Å². The van der Waals surface area contributed by atoms with E-state index in [0.29, 0.717) is 11.4 Å². The molecule has 0 fully saturated rings. The van der Waals surface area contributed by atoms with Crippen molar-refractivity contribution in [2.45, 2.75) is 19.4 Å². The second-order valence-corrected chi connectivity index (χ2v) is 4.46. The van der Waals surface area contributed by atoms with Gasteiger partial charge in [-0.1, -0.05) is 17.7 Å². The van der Waals surface area contributed by atoms with Crippen LogP contribution in [-0.2, 0) is 13.5 Å². The number of hydrogen-bond acceptors (Lipinski definition) is 3. The van der Waals surface area contributed by atoms with Gasteiger partial charge in [0.15, 0.2) is 0 Å². The summed E-state index contributed by atoms with van der Waals surface area (Å²) >= 11 is 5.93. The molecule has 0 saturated heterocycles. The lowest BCUT2D eigenvalue weighted by Crippen LogP contribution is -2.08. The Bertz CT molecular complexity index is 524. The summed E-state index contributed by atoms with van der Waals surface area (Å²) in [6.45, 7) is 1.95. The van der Waals surface area contributed by atoms with E-state index in [9.17, 15) is 5.11 Å². The molecular weight excluding hydrogens is 238 g/mol. The van der Waals surface area contributed by atoms with Crippen LogP contribution in [0, 0.1) is 6.92 Å². The van der Waals surface area contributed by atoms with Crippen molar-refractivity contribution in [3.05, 3.63) is 46.5 Å². The maximum atomic E-state index is 10.2. The van der Waals surface area contributed by atoms with Crippen LogP contribution in [0.3, 0.4) is 0 Å². The summed E-state index contributed by atoms with van der Waals surface area (Å²) < 4.78 is 1.66. The van der Waals surface area contributed by atoms with Crippen LogP contribution in [0.1, 0.15) is 23.1 Å². The molecule has 0 aliphatic heterocycles. The van der Waals surface area contributed by atoms with Gasteiger partial charge in [-0.05, 0) is 30.2 Å². The predicted molar refractivity (Wildman–Crippen MR) is 65.9 cm³/mol. The molecule has 1 atom stereocenters. The Labute approximate surface area is 105 Å². The van der Waals surface area contributed by atoms with E-state index in [1.165, 1.54) is 6.33 Å². The zero-order valence-corrected chi connectivity index (χ0v) is 10.5. The van der Waals surface area contributed by atoms with Crippen LogP contribution >= 0.6 is 11.6 Å². The van der Waals surface area contributed by atoms with Gasteiger partial charge in [-0.15, -0.1) is 0 Å². The summed E-state index contributed by atoms with van der Waals surface area (Å²) in [5, 5.41) is 14.8. The fourth-order valence-corrected chi connectivity index (χ4v) is 1.94. The van der Waals surface area contributed by atoms with E-state index in [1.54, 1.807) is 17.8 Å². The number of aromatic nitrogens is 3. The number of nitrogens with zero attached hydrogens (tertiary/aromatic N) is 3. The Morgan fingerprint density at radius 1 is 1.47 bits per heavy atom. The summed E-state index contributed by atoms with van der Waals surface area (Å²) in [6, 6.07) is 5.50. The van der Waals surface area contributed by atoms with Crippen molar-refractivity contribution in [3.63, 3.8) is 0 Å². The van der Waals surface area contributed by atoms with Crippen LogP contribution in [0.5, 0.6) is 0 Å². The Morgan fingerprint density at radius 3 is 2.88 bits per heavy atom. The van der Waals surface area contributed by atoms with Crippen molar-refractivity contribution >= 4 is 11.6 Å². The topological polar surface area (TPSA) is 50.9 Å². The van der Waals surface area contributed by atoms with E-state index < -0.39 is 6.10 Å². The number of rotatable bonds is 3. The lowest BCUT2D eigenvalue weighted by molar-refractivity contribution is 0.174. The van der Waals surface area contributed by atoms with Gasteiger partial charge in [0.1, 0.15) is 12.2 Å². The SMILES string of the molecule is Cc1ccc(Cl)cc1C(O)Cc1ncnn1C. The lowest BCUT2D eigenvalue weighted by Gasteiger charge is -2.13. The van der Waals surface area contributed by atoms with Crippen molar-refractivity contribution in [1.29, 1.82) is 0 Å². The molecule has 2 aromatic rings. The third-order valence-electron chi connectivity index (χ3n) is 2.78. The first-order valence-electron chi connectivity index (χ1n) is 5.35. The summed E-state index contributed by atoms with van der Waals surface area (Å²) in [7, 11) is 1.81. The van der Waals surface area contributed by atoms with Gasteiger partial charge in [0.25, 0.3) is 0 Å². The molecule has 1 aromatic carbocycles. The molecule has 4 nitrogen and oxygen atoms in total. The van der Waals surface area contributed by atoms with Crippen LogP contribution in [0.2, 0.25) is 5.02 Å². The van der Waals surface area contributed by atoms with E-state index in [0.717, 1.165) is 17.0 Å². The number of benzene rings is 1. The van der Waals surface area contributed by atoms with Crippen molar-refractivity contribution in [2.75, 3.05) is 0 Å². The minimum Gasteiger partial charge on any atom is -0.388 e. The van der Waals surface area contributed by atoms with Gasteiger partial charge in [0, 0.05) is 18.5 Å². The van der Waals surface area contributed by atoms with E-state index in [4.69, 9.17) is 11.6 Å². The summed E-state index contributed by atoms with van der Waals surface area (Å²) in [6.07, 6.45) is 1.29. The molecule has 0 aliphatic rings. The molecule has 17 heavy (non-hydrogen) atoms. The molecule has 0 bridgehead atoms. The van der Waals surface area contributed by atoms with Gasteiger partial charge in [-0.3, -0.25) is 4.68 Å². The highest BCUT2D eigenvalue weighted by Gasteiger charge is 2.14. The summed E-state index contributed by atoms with van der Waals surface area (Å²) in [5.74, 6) is 0.747. The zero-order chi connectivity index (χ0) is 12.4. The van der Waals surface area contributed by atoms with Gasteiger partial charge in [0.2, 0.25) is 0 Å². The highest BCUT2D eigenvalue weighted by atomic mass is 35.5. The highest BCUT2D eigenvalue weighted by Crippen LogP contribution is 2.24. The smallest absolute Gasteiger partial charge is 0.138 e. The van der Waals surface area contributed by atoms with E-state index >= 15 is 0 Å². The molecule has 0 radical (unpaired) electrons. The predicted octanol–water partition coefficient (Wildman–Crippen LogP) is 2.05. The third-order valence-corrected chi connectivity index (χ3v) is 3.02. The molecule has 0 saturated carbocycles. The lowest BCUT2D eigenvalue weighted by atomic mass is 10.0. The van der Waals surface area contributed by atoms with E-state index in [1.807, 2.05) is 19.1 Å². The van der Waals surface area contributed by atoms with Crippen LogP contribution < -0.4 is 0 Å². The Balaban J connectivity index is 2.23. The molecule has 90 valence electrons. The average molecular weight is 252 g/mol. The Kier molecular flexibility index (Phi) is 3.45. The first-order valence-corrected chi connectivity index (χ1v) is 5.72. The second-order valence-electron chi connectivity index (χ2n) is 4.02. The van der Waals surface area contributed by atoms with Gasteiger partial charge < -0.3 is 5.11 Å². The third kappa shape index (κ3) is 2.65. The fraction of sp³-hybridized carbons (Fsp3) is 0.333. The molecule has 0 amide bonds. The molecular formula is C12H14ClN3O. The summed E-state index contributed by atoms with van der Waals surface area (Å²) in [5.41, 5.74) is 1.85. The standard InChI is InChI=1S/C12H14ClN3O/c1-8-3-4-9(13)5-10(8)11(17)6-12-14-7-15-16(12)2/h3-5,7,11,17H,6H2,1-2H3. The minimum absolute atomic E-state index is 0.428. The van der Waals surface area contributed by atoms with E-state index in [2.05, 4.69) is 10.1 Å². The van der Waals surface area contributed by atoms with Crippen LogP contribution in [0.4, 0.5) is 0 Å². The fourth-order valence-electron chi connectivity index (χ4n) is 1.76. The van der Waals surface area contributed by atoms with E-state index in [-0.39, 0.29) is 0 Å². The first kappa shape index (κ1) is 12.1. The zero-order valence-electron chi connectivity index (χ0n) is 9.76. The molecule has 0 spiro atoms. The molecule has 5 heteroatoms. The van der Waals surface area contributed by atoms with Crippen molar-refractivity contribution in [2.24, 2.45) is 7.05 Å².